The van der Waals surface area contributed by atoms with E-state index in [0.717, 1.165) is 39.7 Å². The zero-order valence-electron chi connectivity index (χ0n) is 31.0. The Hall–Kier alpha value is -6.81. The summed E-state index contributed by atoms with van der Waals surface area (Å²) in [6, 6.07) is 64.1. The highest BCUT2D eigenvalue weighted by Gasteiger charge is 2.25. The molecular formula is C54H35NOS. The SMILES string of the molecule is C1=CC(N(c2ccccc2)c2ccc3c(c2)oc2c4ccccc4c4ccccc4c32)CC=C1c1cccc(-c2cccc3c2Sc2cccc4cccc-3c24)c1. The topological polar surface area (TPSA) is 16.4 Å². The first-order valence-electron chi connectivity index (χ1n) is 19.7. The average Bonchev–Trinajstić information content (AvgIpc) is 3.67. The molecule has 0 N–H and O–H groups in total. The molecule has 2 heterocycles. The van der Waals surface area contributed by atoms with E-state index < -0.39 is 0 Å². The third kappa shape index (κ3) is 5.13. The number of furan rings is 1. The van der Waals surface area contributed by atoms with Gasteiger partial charge in [0, 0.05) is 48.8 Å². The molecule has 268 valence electrons. The van der Waals surface area contributed by atoms with Gasteiger partial charge in [-0.15, -0.1) is 0 Å². The van der Waals surface area contributed by atoms with Gasteiger partial charge in [-0.05, 0) is 97.8 Å². The molecule has 0 amide bonds. The van der Waals surface area contributed by atoms with Gasteiger partial charge >= 0.3 is 0 Å². The van der Waals surface area contributed by atoms with Gasteiger partial charge in [0.05, 0.1) is 6.04 Å². The van der Waals surface area contributed by atoms with Gasteiger partial charge in [0.2, 0.25) is 0 Å². The van der Waals surface area contributed by atoms with E-state index in [2.05, 4.69) is 199 Å². The van der Waals surface area contributed by atoms with Crippen LogP contribution >= 0.6 is 11.8 Å². The molecule has 0 bridgehead atoms. The quantitative estimate of drug-likeness (QED) is 0.163. The summed E-state index contributed by atoms with van der Waals surface area (Å²) in [6.45, 7) is 0. The van der Waals surface area contributed by atoms with Crippen molar-refractivity contribution in [2.45, 2.75) is 22.3 Å². The Bertz CT molecular complexity index is 3310. The van der Waals surface area contributed by atoms with E-state index in [1.54, 1.807) is 0 Å². The molecule has 3 heteroatoms. The lowest BCUT2D eigenvalue weighted by molar-refractivity contribution is 0.672. The van der Waals surface area contributed by atoms with E-state index in [-0.39, 0.29) is 6.04 Å². The van der Waals surface area contributed by atoms with Crippen LogP contribution in [-0.2, 0) is 0 Å². The van der Waals surface area contributed by atoms with Gasteiger partial charge in [0.15, 0.2) is 0 Å². The Balaban J connectivity index is 0.903. The summed E-state index contributed by atoms with van der Waals surface area (Å²) >= 11 is 1.90. The molecular weight excluding hydrogens is 711 g/mol. The van der Waals surface area contributed by atoms with Gasteiger partial charge in [0.25, 0.3) is 0 Å². The Morgan fingerprint density at radius 1 is 0.509 bits per heavy atom. The Morgan fingerprint density at radius 3 is 2.05 bits per heavy atom. The molecule has 12 rings (SSSR count). The zero-order valence-corrected chi connectivity index (χ0v) is 31.8. The fraction of sp³-hybridized carbons (Fsp3) is 0.0370. The second kappa shape index (κ2) is 12.9. The third-order valence-electron chi connectivity index (χ3n) is 11.9. The van der Waals surface area contributed by atoms with Crippen molar-refractivity contribution in [1.29, 1.82) is 0 Å². The van der Waals surface area contributed by atoms with E-state index in [4.69, 9.17) is 4.42 Å². The van der Waals surface area contributed by atoms with Crippen LogP contribution in [0.15, 0.2) is 208 Å². The molecule has 2 aliphatic rings. The first-order valence-corrected chi connectivity index (χ1v) is 20.5. The number of anilines is 2. The average molecular weight is 746 g/mol. The monoisotopic (exact) mass is 745 g/mol. The lowest BCUT2D eigenvalue weighted by Gasteiger charge is -2.33. The molecule has 0 spiro atoms. The van der Waals surface area contributed by atoms with Crippen molar-refractivity contribution in [2.75, 3.05) is 4.90 Å². The molecule has 0 fully saturated rings. The van der Waals surface area contributed by atoms with Gasteiger partial charge < -0.3 is 9.32 Å². The fourth-order valence-corrected chi connectivity index (χ4v) is 10.6. The Labute approximate surface area is 335 Å². The summed E-state index contributed by atoms with van der Waals surface area (Å²) in [7, 11) is 0. The van der Waals surface area contributed by atoms with Gasteiger partial charge in [-0.2, -0.15) is 0 Å². The summed E-state index contributed by atoms with van der Waals surface area (Å²) < 4.78 is 6.82. The number of para-hydroxylation sites is 1. The molecule has 1 atom stereocenters. The van der Waals surface area contributed by atoms with E-state index in [9.17, 15) is 0 Å². The number of hydrogen-bond donors (Lipinski definition) is 0. The molecule has 1 aliphatic heterocycles. The van der Waals surface area contributed by atoms with Crippen LogP contribution in [0, 0.1) is 0 Å². The summed E-state index contributed by atoms with van der Waals surface area (Å²) in [6.07, 6.45) is 7.96. The van der Waals surface area contributed by atoms with Crippen LogP contribution in [-0.4, -0.2) is 6.04 Å². The highest BCUT2D eigenvalue weighted by molar-refractivity contribution is 8.00. The summed E-state index contributed by atoms with van der Waals surface area (Å²) in [5.74, 6) is 0. The van der Waals surface area contributed by atoms with E-state index >= 15 is 0 Å². The van der Waals surface area contributed by atoms with Crippen molar-refractivity contribution in [3.63, 3.8) is 0 Å². The minimum atomic E-state index is 0.128. The molecule has 57 heavy (non-hydrogen) atoms. The minimum Gasteiger partial charge on any atom is -0.455 e. The molecule has 0 saturated heterocycles. The van der Waals surface area contributed by atoms with Crippen molar-refractivity contribution in [3.05, 3.63) is 200 Å². The Kier molecular flexibility index (Phi) is 7.33. The highest BCUT2D eigenvalue weighted by atomic mass is 32.2. The molecule has 1 unspecified atom stereocenters. The van der Waals surface area contributed by atoms with Crippen LogP contribution in [0.25, 0.3) is 82.1 Å². The van der Waals surface area contributed by atoms with E-state index in [0.29, 0.717) is 0 Å². The minimum absolute atomic E-state index is 0.128. The molecule has 1 aromatic heterocycles. The third-order valence-corrected chi connectivity index (χ3v) is 13.1. The number of nitrogens with zero attached hydrogens (tertiary/aromatic N) is 1. The first-order chi connectivity index (χ1) is 28.3. The largest absolute Gasteiger partial charge is 0.455 e. The van der Waals surface area contributed by atoms with Crippen molar-refractivity contribution in [1.82, 2.24) is 0 Å². The number of fused-ring (bicyclic) bond motifs is 10. The van der Waals surface area contributed by atoms with Gasteiger partial charge in [-0.3, -0.25) is 0 Å². The number of benzene rings is 9. The second-order valence-electron chi connectivity index (χ2n) is 15.1. The maximum atomic E-state index is 6.82. The standard InChI is InChI=1S/C54H35NOS/c1-2-16-38(17-3-1)55(40-30-31-48-49(33-40)56-53-46-21-7-5-19-43(46)42-18-4-6-20-44(42)52(48)53)39-28-26-34(27-29-39)36-14-8-15-37(32-36)41-22-11-24-47-45-23-9-12-35-13-10-25-50(51(35)45)57-54(41)47/h1-28,30-33,39H,29H2. The fourth-order valence-electron chi connectivity index (χ4n) is 9.36. The lowest BCUT2D eigenvalue weighted by Crippen LogP contribution is -2.30. The van der Waals surface area contributed by atoms with Crippen LogP contribution < -0.4 is 4.90 Å². The maximum absolute atomic E-state index is 6.82. The van der Waals surface area contributed by atoms with Crippen LogP contribution in [0.2, 0.25) is 0 Å². The smallest absolute Gasteiger partial charge is 0.143 e. The van der Waals surface area contributed by atoms with E-state index in [1.165, 1.54) is 75.5 Å². The van der Waals surface area contributed by atoms with Crippen molar-refractivity contribution < 1.29 is 4.42 Å². The highest BCUT2D eigenvalue weighted by Crippen LogP contribution is 2.51. The number of hydrogen-bond acceptors (Lipinski definition) is 3. The molecule has 1 aliphatic carbocycles. The van der Waals surface area contributed by atoms with Crippen LogP contribution in [0.1, 0.15) is 12.0 Å². The predicted octanol–water partition coefficient (Wildman–Crippen LogP) is 15.4. The summed E-state index contributed by atoms with van der Waals surface area (Å²) in [5, 5.41) is 9.83. The van der Waals surface area contributed by atoms with Crippen LogP contribution in [0.4, 0.5) is 11.4 Å². The van der Waals surface area contributed by atoms with Crippen LogP contribution in [0.3, 0.4) is 0 Å². The summed E-state index contributed by atoms with van der Waals surface area (Å²) in [4.78, 5) is 5.11. The Morgan fingerprint density at radius 2 is 1.21 bits per heavy atom. The maximum Gasteiger partial charge on any atom is 0.143 e. The van der Waals surface area contributed by atoms with Crippen molar-refractivity contribution in [2.24, 2.45) is 0 Å². The molecule has 10 aromatic rings. The van der Waals surface area contributed by atoms with Gasteiger partial charge in [0.1, 0.15) is 11.2 Å². The van der Waals surface area contributed by atoms with E-state index in [1.807, 2.05) is 11.8 Å². The lowest BCUT2D eigenvalue weighted by atomic mass is 9.91. The van der Waals surface area contributed by atoms with Crippen molar-refractivity contribution in [3.8, 4) is 22.3 Å². The number of allylic oxidation sites excluding steroid dienone is 2. The van der Waals surface area contributed by atoms with Crippen molar-refractivity contribution >= 4 is 83.0 Å². The zero-order chi connectivity index (χ0) is 37.5. The molecule has 2 nitrogen and oxygen atoms in total. The molecule has 0 radical (unpaired) electrons. The normalized spacial score (nSPS) is 14.7. The first kappa shape index (κ1) is 32.4. The summed E-state index contributed by atoms with van der Waals surface area (Å²) in [5.41, 5.74) is 11.8. The number of rotatable bonds is 5. The van der Waals surface area contributed by atoms with Crippen LogP contribution in [0.5, 0.6) is 0 Å². The second-order valence-corrected chi connectivity index (χ2v) is 16.2. The molecule has 9 aromatic carbocycles. The van der Waals surface area contributed by atoms with Gasteiger partial charge in [-0.25, -0.2) is 0 Å². The predicted molar refractivity (Wildman–Crippen MR) is 242 cm³/mol. The van der Waals surface area contributed by atoms with Gasteiger partial charge in [-0.1, -0.05) is 163 Å². The molecule has 0 saturated carbocycles.